The average Bonchev–Trinajstić information content (AvgIpc) is 2.66. The van der Waals surface area contributed by atoms with Gasteiger partial charge in [0.15, 0.2) is 0 Å². The average molecular weight is 363 g/mol. The van der Waals surface area contributed by atoms with Gasteiger partial charge in [0.1, 0.15) is 11.0 Å². The molecule has 0 saturated carbocycles. The maximum atomic E-state index is 13.4. The summed E-state index contributed by atoms with van der Waals surface area (Å²) in [6.45, 7) is 2.03. The Morgan fingerprint density at radius 1 is 1.08 bits per heavy atom. The highest BCUT2D eigenvalue weighted by molar-refractivity contribution is 7.92. The van der Waals surface area contributed by atoms with Gasteiger partial charge in [-0.2, -0.15) is 5.26 Å². The number of sulfonamides is 1. The summed E-state index contributed by atoms with van der Waals surface area (Å²) in [4.78, 5) is 4.06. The summed E-state index contributed by atoms with van der Waals surface area (Å²) in [5, 5.41) is 9.32. The maximum Gasteiger partial charge on any atom is 0.265 e. The fourth-order valence-electron chi connectivity index (χ4n) is 2.66. The number of hydrogen-bond acceptors (Lipinski definition) is 4. The van der Waals surface area contributed by atoms with Crippen LogP contribution in [0, 0.1) is 18.3 Å². The zero-order valence-electron chi connectivity index (χ0n) is 14.2. The van der Waals surface area contributed by atoms with Crippen LogP contribution in [0.5, 0.6) is 0 Å². The summed E-state index contributed by atoms with van der Waals surface area (Å²) < 4.78 is 28.1. The van der Waals surface area contributed by atoms with Gasteiger partial charge in [-0.25, -0.2) is 8.42 Å². The van der Waals surface area contributed by atoms with E-state index in [-0.39, 0.29) is 17.0 Å². The van der Waals surface area contributed by atoms with Crippen molar-refractivity contribution in [2.24, 2.45) is 0 Å². The number of nitrogens with zero attached hydrogens (tertiary/aromatic N) is 3. The first kappa shape index (κ1) is 17.6. The van der Waals surface area contributed by atoms with Gasteiger partial charge >= 0.3 is 0 Å². The number of nitriles is 1. The molecule has 0 spiro atoms. The topological polar surface area (TPSA) is 74.1 Å². The Kier molecular flexibility index (Phi) is 5.01. The van der Waals surface area contributed by atoms with Gasteiger partial charge in [-0.15, -0.1) is 0 Å². The van der Waals surface area contributed by atoms with Crippen molar-refractivity contribution in [1.29, 1.82) is 5.26 Å². The van der Waals surface area contributed by atoms with Crippen molar-refractivity contribution < 1.29 is 8.42 Å². The number of anilines is 1. The predicted octanol–water partition coefficient (Wildman–Crippen LogP) is 3.66. The fraction of sp³-hybridized carbons (Fsp3) is 0.100. The first-order valence-electron chi connectivity index (χ1n) is 8.00. The van der Waals surface area contributed by atoms with Crippen molar-refractivity contribution in [1.82, 2.24) is 4.98 Å². The first-order chi connectivity index (χ1) is 12.5. The molecule has 0 unspecified atom stereocenters. The van der Waals surface area contributed by atoms with Crippen LogP contribution in [0.1, 0.15) is 16.7 Å². The summed E-state index contributed by atoms with van der Waals surface area (Å²) in [5.74, 6) is 0. The molecule has 0 atom stereocenters. The lowest BCUT2D eigenvalue weighted by Gasteiger charge is -2.25. The van der Waals surface area contributed by atoms with Gasteiger partial charge in [0, 0.05) is 12.4 Å². The smallest absolute Gasteiger partial charge is 0.264 e. The summed E-state index contributed by atoms with van der Waals surface area (Å²) in [7, 11) is -3.93. The van der Waals surface area contributed by atoms with Crippen LogP contribution in [0.15, 0.2) is 78.0 Å². The summed E-state index contributed by atoms with van der Waals surface area (Å²) >= 11 is 0. The molecule has 3 aromatic rings. The van der Waals surface area contributed by atoms with Gasteiger partial charge < -0.3 is 0 Å². The van der Waals surface area contributed by atoms with Crippen LogP contribution in [0.2, 0.25) is 0 Å². The molecule has 0 radical (unpaired) electrons. The Hall–Kier alpha value is -3.17. The van der Waals surface area contributed by atoms with E-state index in [4.69, 9.17) is 0 Å². The predicted molar refractivity (Wildman–Crippen MR) is 99.9 cm³/mol. The molecule has 6 heteroatoms. The van der Waals surface area contributed by atoms with Crippen LogP contribution in [-0.4, -0.2) is 13.4 Å². The van der Waals surface area contributed by atoms with Gasteiger partial charge in [-0.1, -0.05) is 30.3 Å². The van der Waals surface area contributed by atoms with Gasteiger partial charge in [-0.3, -0.25) is 9.29 Å². The molecule has 0 aliphatic carbocycles. The maximum absolute atomic E-state index is 13.4. The Balaban J connectivity index is 2.15. The van der Waals surface area contributed by atoms with Crippen molar-refractivity contribution >= 4 is 15.7 Å². The van der Waals surface area contributed by atoms with E-state index in [1.807, 2.05) is 37.3 Å². The van der Waals surface area contributed by atoms with E-state index in [0.29, 0.717) is 5.69 Å². The summed E-state index contributed by atoms with van der Waals surface area (Å²) in [5.41, 5.74) is 2.37. The Bertz CT molecular complexity index is 1060. The van der Waals surface area contributed by atoms with Crippen LogP contribution in [0.3, 0.4) is 0 Å². The molecular formula is C20H17N3O2S. The molecule has 1 heterocycles. The van der Waals surface area contributed by atoms with E-state index in [9.17, 15) is 13.7 Å². The third kappa shape index (κ3) is 3.58. The highest BCUT2D eigenvalue weighted by atomic mass is 32.2. The standard InChI is InChI=1S/C20H17N3O2S/c1-16-6-4-9-19(12-16)23(15-17-7-5-11-22-14-17)26(24,25)20-10-3-2-8-18(20)13-21/h2-12,14H,15H2,1H3. The normalized spacial score (nSPS) is 10.9. The van der Waals surface area contributed by atoms with Crippen molar-refractivity contribution in [2.45, 2.75) is 18.4 Å². The van der Waals surface area contributed by atoms with Crippen LogP contribution in [-0.2, 0) is 16.6 Å². The Morgan fingerprint density at radius 2 is 1.88 bits per heavy atom. The minimum Gasteiger partial charge on any atom is -0.264 e. The van der Waals surface area contributed by atoms with Crippen LogP contribution >= 0.6 is 0 Å². The minimum absolute atomic E-state index is 0.00658. The molecular weight excluding hydrogens is 346 g/mol. The molecule has 1 aromatic heterocycles. The third-order valence-electron chi connectivity index (χ3n) is 3.91. The summed E-state index contributed by atoms with van der Waals surface area (Å²) in [6, 6.07) is 19.0. The molecule has 0 aliphatic heterocycles. The van der Waals surface area contributed by atoms with E-state index in [1.165, 1.54) is 16.4 Å². The van der Waals surface area contributed by atoms with E-state index in [2.05, 4.69) is 4.98 Å². The van der Waals surface area contributed by atoms with Crippen LogP contribution in [0.25, 0.3) is 0 Å². The molecule has 0 bridgehead atoms. The molecule has 3 rings (SSSR count). The van der Waals surface area contributed by atoms with Crippen molar-refractivity contribution in [2.75, 3.05) is 4.31 Å². The van der Waals surface area contributed by atoms with Crippen LogP contribution in [0.4, 0.5) is 5.69 Å². The first-order valence-corrected chi connectivity index (χ1v) is 9.44. The Morgan fingerprint density at radius 3 is 2.58 bits per heavy atom. The number of aromatic nitrogens is 1. The molecule has 5 nitrogen and oxygen atoms in total. The monoisotopic (exact) mass is 363 g/mol. The van der Waals surface area contributed by atoms with Gasteiger partial charge in [0.25, 0.3) is 10.0 Å². The number of aryl methyl sites for hydroxylation is 1. The third-order valence-corrected chi connectivity index (χ3v) is 5.75. The second-order valence-electron chi connectivity index (χ2n) is 5.82. The second kappa shape index (κ2) is 7.38. The second-order valence-corrected chi connectivity index (χ2v) is 7.65. The molecule has 0 N–H and O–H groups in total. The van der Waals surface area contributed by atoms with E-state index in [0.717, 1.165) is 11.1 Å². The highest BCUT2D eigenvalue weighted by Gasteiger charge is 2.27. The number of rotatable bonds is 5. The van der Waals surface area contributed by atoms with Gasteiger partial charge in [-0.05, 0) is 48.4 Å². The molecule has 0 aliphatic rings. The van der Waals surface area contributed by atoms with E-state index in [1.54, 1.807) is 36.7 Å². The Labute approximate surface area is 153 Å². The molecule has 0 fully saturated rings. The van der Waals surface area contributed by atoms with Crippen LogP contribution < -0.4 is 4.31 Å². The van der Waals surface area contributed by atoms with E-state index < -0.39 is 10.0 Å². The van der Waals surface area contributed by atoms with Crippen molar-refractivity contribution in [3.8, 4) is 6.07 Å². The molecule has 0 saturated heterocycles. The number of hydrogen-bond donors (Lipinski definition) is 0. The van der Waals surface area contributed by atoms with Gasteiger partial charge in [0.2, 0.25) is 0 Å². The summed E-state index contributed by atoms with van der Waals surface area (Å²) in [6.07, 6.45) is 3.27. The van der Waals surface area contributed by atoms with E-state index >= 15 is 0 Å². The molecule has 26 heavy (non-hydrogen) atoms. The lowest BCUT2D eigenvalue weighted by atomic mass is 10.2. The highest BCUT2D eigenvalue weighted by Crippen LogP contribution is 2.28. The fourth-order valence-corrected chi connectivity index (χ4v) is 4.25. The quantitative estimate of drug-likeness (QED) is 0.693. The van der Waals surface area contributed by atoms with Crippen molar-refractivity contribution in [3.05, 3.63) is 89.7 Å². The van der Waals surface area contributed by atoms with Crippen molar-refractivity contribution in [3.63, 3.8) is 0 Å². The van der Waals surface area contributed by atoms with Gasteiger partial charge in [0.05, 0.1) is 17.8 Å². The molecule has 130 valence electrons. The zero-order chi connectivity index (χ0) is 18.6. The molecule has 0 amide bonds. The number of benzene rings is 2. The largest absolute Gasteiger partial charge is 0.265 e. The number of pyridine rings is 1. The molecule has 2 aromatic carbocycles. The lowest BCUT2D eigenvalue weighted by Crippen LogP contribution is -2.31. The SMILES string of the molecule is Cc1cccc(N(Cc2cccnc2)S(=O)(=O)c2ccccc2C#N)c1. The lowest BCUT2D eigenvalue weighted by molar-refractivity contribution is 0.590. The minimum atomic E-state index is -3.93. The zero-order valence-corrected chi connectivity index (χ0v) is 15.0.